The molecule has 0 aliphatic heterocycles. The summed E-state index contributed by atoms with van der Waals surface area (Å²) >= 11 is 1.18. The number of nitrogens with one attached hydrogen (secondary N) is 1. The molecule has 0 unspecified atom stereocenters. The lowest BCUT2D eigenvalue weighted by Gasteiger charge is -2.06. The van der Waals surface area contributed by atoms with Crippen molar-refractivity contribution in [1.29, 1.82) is 0 Å². The van der Waals surface area contributed by atoms with Crippen molar-refractivity contribution in [2.24, 2.45) is 0 Å². The molecule has 0 fully saturated rings. The quantitative estimate of drug-likeness (QED) is 0.590. The average molecular weight is 316 g/mol. The maximum Gasteiger partial charge on any atom is 0.293 e. The first kappa shape index (κ1) is 14.3. The summed E-state index contributed by atoms with van der Waals surface area (Å²) in [7, 11) is 0. The van der Waals surface area contributed by atoms with Crippen LogP contribution >= 0.6 is 11.8 Å². The molecular formula is C15H9FN2O3S. The molecule has 0 atom stereocenters. The van der Waals surface area contributed by atoms with Gasteiger partial charge in [-0.2, -0.15) is 0 Å². The number of nitro benzene ring substituents is 1. The van der Waals surface area contributed by atoms with Gasteiger partial charge in [0.25, 0.3) is 5.69 Å². The molecule has 3 rings (SSSR count). The van der Waals surface area contributed by atoms with Crippen LogP contribution in [0.15, 0.2) is 63.1 Å². The van der Waals surface area contributed by atoms with Gasteiger partial charge in [-0.15, -0.1) is 0 Å². The van der Waals surface area contributed by atoms with Crippen molar-refractivity contribution in [3.63, 3.8) is 0 Å². The average Bonchev–Trinajstić information content (AvgIpc) is 2.46. The first-order chi connectivity index (χ1) is 10.5. The van der Waals surface area contributed by atoms with Crippen molar-refractivity contribution in [1.82, 2.24) is 4.98 Å². The van der Waals surface area contributed by atoms with Crippen LogP contribution in [0.25, 0.3) is 10.9 Å². The Morgan fingerprint density at radius 2 is 1.91 bits per heavy atom. The van der Waals surface area contributed by atoms with Crippen LogP contribution in [-0.2, 0) is 0 Å². The van der Waals surface area contributed by atoms with Crippen LogP contribution in [0, 0.1) is 15.9 Å². The number of H-pyrrole nitrogens is 1. The number of benzene rings is 2. The predicted octanol–water partition coefficient (Wildman–Crippen LogP) is 3.73. The normalized spacial score (nSPS) is 10.8. The standard InChI is InChI=1S/C15H9FN2O3S/c16-9-3-1-4-10(7-9)22-13-8-14(19)17-15-11(13)5-2-6-12(15)18(20)21/h1-8H,(H,17,19). The van der Waals surface area contributed by atoms with E-state index in [4.69, 9.17) is 0 Å². The number of aromatic amines is 1. The molecule has 5 nitrogen and oxygen atoms in total. The van der Waals surface area contributed by atoms with Gasteiger partial charge < -0.3 is 4.98 Å². The second-order valence-electron chi connectivity index (χ2n) is 4.51. The molecule has 0 aliphatic carbocycles. The molecular weight excluding hydrogens is 307 g/mol. The second kappa shape index (κ2) is 5.61. The lowest BCUT2D eigenvalue weighted by molar-refractivity contribution is -0.383. The van der Waals surface area contributed by atoms with Crippen molar-refractivity contribution < 1.29 is 9.31 Å². The van der Waals surface area contributed by atoms with E-state index in [2.05, 4.69) is 4.98 Å². The van der Waals surface area contributed by atoms with Crippen LogP contribution in [0.5, 0.6) is 0 Å². The minimum absolute atomic E-state index is 0.166. The number of halogens is 1. The Morgan fingerprint density at radius 3 is 2.64 bits per heavy atom. The van der Waals surface area contributed by atoms with E-state index in [9.17, 15) is 19.3 Å². The molecule has 0 spiro atoms. The van der Waals surface area contributed by atoms with Crippen LogP contribution in [0.2, 0.25) is 0 Å². The van der Waals surface area contributed by atoms with Crippen molar-refractivity contribution in [3.05, 3.63) is 74.8 Å². The van der Waals surface area contributed by atoms with Gasteiger partial charge in [0.05, 0.1) is 4.92 Å². The lowest BCUT2D eigenvalue weighted by atomic mass is 10.2. The zero-order valence-corrected chi connectivity index (χ0v) is 11.9. The zero-order chi connectivity index (χ0) is 15.7. The lowest BCUT2D eigenvalue weighted by Crippen LogP contribution is -2.06. The molecule has 1 heterocycles. The fraction of sp³-hybridized carbons (Fsp3) is 0. The topological polar surface area (TPSA) is 76.0 Å². The summed E-state index contributed by atoms with van der Waals surface area (Å²) < 4.78 is 13.3. The minimum atomic E-state index is -0.547. The van der Waals surface area contributed by atoms with E-state index in [1.807, 2.05) is 0 Å². The van der Waals surface area contributed by atoms with E-state index >= 15 is 0 Å². The summed E-state index contributed by atoms with van der Waals surface area (Å²) in [5.41, 5.74) is -0.448. The number of nitro groups is 1. The maximum absolute atomic E-state index is 13.3. The summed E-state index contributed by atoms with van der Waals surface area (Å²) in [4.78, 5) is 25.9. The van der Waals surface area contributed by atoms with Gasteiger partial charge in [0.2, 0.25) is 5.56 Å². The van der Waals surface area contributed by atoms with Gasteiger partial charge in [-0.1, -0.05) is 30.0 Å². The smallest absolute Gasteiger partial charge is 0.293 e. The minimum Gasteiger partial charge on any atom is -0.316 e. The molecule has 0 bridgehead atoms. The van der Waals surface area contributed by atoms with Crippen LogP contribution in [0.1, 0.15) is 0 Å². The number of aromatic nitrogens is 1. The van der Waals surface area contributed by atoms with E-state index in [-0.39, 0.29) is 17.0 Å². The monoisotopic (exact) mass is 316 g/mol. The van der Waals surface area contributed by atoms with Crippen LogP contribution in [0.3, 0.4) is 0 Å². The number of rotatable bonds is 3. The summed E-state index contributed by atoms with van der Waals surface area (Å²) in [5.74, 6) is -0.384. The van der Waals surface area contributed by atoms with Gasteiger partial charge in [-0.25, -0.2) is 4.39 Å². The molecule has 3 aromatic rings. The Balaban J connectivity index is 2.19. The number of non-ortho nitro benzene ring substituents is 1. The molecule has 1 aromatic heterocycles. The highest BCUT2D eigenvalue weighted by molar-refractivity contribution is 7.99. The molecule has 2 aromatic carbocycles. The Kier molecular flexibility index (Phi) is 3.64. The number of hydrogen-bond donors (Lipinski definition) is 1. The SMILES string of the molecule is O=c1cc(Sc2cccc(F)c2)c2cccc([N+](=O)[O-])c2[nH]1. The predicted molar refractivity (Wildman–Crippen MR) is 81.7 cm³/mol. The fourth-order valence-corrected chi connectivity index (χ4v) is 3.15. The molecule has 110 valence electrons. The number of para-hydroxylation sites is 1. The van der Waals surface area contributed by atoms with Gasteiger partial charge >= 0.3 is 0 Å². The van der Waals surface area contributed by atoms with Gasteiger partial charge in [0.15, 0.2) is 0 Å². The van der Waals surface area contributed by atoms with Crippen LogP contribution < -0.4 is 5.56 Å². The van der Waals surface area contributed by atoms with E-state index in [0.717, 1.165) is 0 Å². The van der Waals surface area contributed by atoms with Gasteiger partial charge in [0, 0.05) is 27.3 Å². The molecule has 0 saturated carbocycles. The van der Waals surface area contributed by atoms with Crippen molar-refractivity contribution in [3.8, 4) is 0 Å². The summed E-state index contributed by atoms with van der Waals surface area (Å²) in [5, 5.41) is 11.6. The van der Waals surface area contributed by atoms with Crippen LogP contribution in [0.4, 0.5) is 10.1 Å². The summed E-state index contributed by atoms with van der Waals surface area (Å²) in [6.45, 7) is 0. The first-order valence-electron chi connectivity index (χ1n) is 6.28. The van der Waals surface area contributed by atoms with E-state index in [1.165, 1.54) is 36.0 Å². The Hall–Kier alpha value is -2.67. The third kappa shape index (κ3) is 2.71. The van der Waals surface area contributed by atoms with Crippen molar-refractivity contribution in [2.75, 3.05) is 0 Å². The Bertz CT molecular complexity index is 939. The molecule has 0 amide bonds. The van der Waals surface area contributed by atoms with Gasteiger partial charge in [0.1, 0.15) is 11.3 Å². The van der Waals surface area contributed by atoms with Gasteiger partial charge in [-0.3, -0.25) is 14.9 Å². The van der Waals surface area contributed by atoms with E-state index in [1.54, 1.807) is 24.3 Å². The number of hydrogen-bond acceptors (Lipinski definition) is 4. The van der Waals surface area contributed by atoms with Gasteiger partial charge in [-0.05, 0) is 18.2 Å². The second-order valence-corrected chi connectivity index (χ2v) is 5.63. The highest BCUT2D eigenvalue weighted by Gasteiger charge is 2.15. The fourth-order valence-electron chi connectivity index (χ4n) is 2.13. The number of fused-ring (bicyclic) bond motifs is 1. The van der Waals surface area contributed by atoms with Crippen molar-refractivity contribution >= 4 is 28.4 Å². The van der Waals surface area contributed by atoms with Crippen LogP contribution in [-0.4, -0.2) is 9.91 Å². The molecule has 22 heavy (non-hydrogen) atoms. The molecule has 1 N–H and O–H groups in total. The molecule has 7 heteroatoms. The van der Waals surface area contributed by atoms with Crippen molar-refractivity contribution in [2.45, 2.75) is 9.79 Å². The third-order valence-electron chi connectivity index (χ3n) is 3.04. The highest BCUT2D eigenvalue weighted by Crippen LogP contribution is 2.34. The van der Waals surface area contributed by atoms with E-state index in [0.29, 0.717) is 15.2 Å². The first-order valence-corrected chi connectivity index (χ1v) is 7.10. The highest BCUT2D eigenvalue weighted by atomic mass is 32.2. The Morgan fingerprint density at radius 1 is 1.14 bits per heavy atom. The zero-order valence-electron chi connectivity index (χ0n) is 11.1. The number of nitrogens with zero attached hydrogens (tertiary/aromatic N) is 1. The maximum atomic E-state index is 13.3. The Labute approximate surface area is 127 Å². The summed E-state index contributed by atoms with van der Waals surface area (Å²) in [6, 6.07) is 11.8. The molecule has 0 saturated heterocycles. The number of pyridine rings is 1. The largest absolute Gasteiger partial charge is 0.316 e. The van der Waals surface area contributed by atoms with E-state index < -0.39 is 10.5 Å². The summed E-state index contributed by atoms with van der Waals surface area (Å²) in [6.07, 6.45) is 0. The molecule has 0 aliphatic rings. The molecule has 0 radical (unpaired) electrons. The third-order valence-corrected chi connectivity index (χ3v) is 4.09.